The molecular weight excluding hydrogens is 331 g/mol. The molecule has 1 fully saturated rings. The normalized spacial score (nSPS) is 20.1. The molecule has 0 spiro atoms. The molecule has 0 aromatic rings. The van der Waals surface area contributed by atoms with Crippen LogP contribution in [0.3, 0.4) is 0 Å². The third kappa shape index (κ3) is 8.08. The third-order valence-corrected chi connectivity index (χ3v) is 5.68. The number of nitrogens with zero attached hydrogens (tertiary/aromatic N) is 1. The molecule has 1 atom stereocenters. The SMILES string of the molecule is CCOP(=O)(CCCN1CCNC(C(=O)OC(C)(C)C)C1)OCC. The maximum absolute atomic E-state index is 12.4. The zero-order valence-electron chi connectivity index (χ0n) is 15.7. The van der Waals surface area contributed by atoms with Gasteiger partial charge in [0.2, 0.25) is 0 Å². The number of piperazine rings is 1. The molecular formula is C16H33N2O5P. The van der Waals surface area contributed by atoms with Gasteiger partial charge in [-0.25, -0.2) is 0 Å². The molecule has 7 nitrogen and oxygen atoms in total. The first-order valence-corrected chi connectivity index (χ1v) is 10.5. The van der Waals surface area contributed by atoms with E-state index in [1.54, 1.807) is 0 Å². The van der Waals surface area contributed by atoms with Crippen LogP contribution in [0, 0.1) is 0 Å². The van der Waals surface area contributed by atoms with Crippen molar-refractivity contribution < 1.29 is 23.1 Å². The Labute approximate surface area is 145 Å². The van der Waals surface area contributed by atoms with Crippen LogP contribution in [0.5, 0.6) is 0 Å². The molecule has 1 aliphatic rings. The highest BCUT2D eigenvalue weighted by Crippen LogP contribution is 2.48. The number of rotatable bonds is 9. The van der Waals surface area contributed by atoms with Crippen molar-refractivity contribution in [1.29, 1.82) is 0 Å². The predicted molar refractivity (Wildman–Crippen MR) is 94.4 cm³/mol. The van der Waals surface area contributed by atoms with Crippen LogP contribution in [-0.2, 0) is 23.1 Å². The summed E-state index contributed by atoms with van der Waals surface area (Å²) in [6.07, 6.45) is 1.11. The van der Waals surface area contributed by atoms with Crippen molar-refractivity contribution in [3.8, 4) is 0 Å². The molecule has 0 bridgehead atoms. The minimum atomic E-state index is -2.98. The Kier molecular flexibility index (Phi) is 8.88. The molecule has 1 N–H and O–H groups in total. The minimum Gasteiger partial charge on any atom is -0.459 e. The second-order valence-electron chi connectivity index (χ2n) is 6.86. The van der Waals surface area contributed by atoms with Gasteiger partial charge in [0.15, 0.2) is 0 Å². The summed E-state index contributed by atoms with van der Waals surface area (Å²) < 4.78 is 28.5. The lowest BCUT2D eigenvalue weighted by Gasteiger charge is -2.34. The topological polar surface area (TPSA) is 77.1 Å². The first kappa shape index (κ1) is 21.6. The van der Waals surface area contributed by atoms with Crippen molar-refractivity contribution in [3.05, 3.63) is 0 Å². The van der Waals surface area contributed by atoms with Gasteiger partial charge in [0.1, 0.15) is 11.6 Å². The first-order valence-electron chi connectivity index (χ1n) is 8.76. The van der Waals surface area contributed by atoms with E-state index in [0.717, 1.165) is 19.6 Å². The number of esters is 1. The average molecular weight is 364 g/mol. The highest BCUT2D eigenvalue weighted by molar-refractivity contribution is 7.53. The number of nitrogens with one attached hydrogen (secondary N) is 1. The van der Waals surface area contributed by atoms with E-state index in [4.69, 9.17) is 13.8 Å². The Balaban J connectivity index is 2.43. The van der Waals surface area contributed by atoms with Crippen molar-refractivity contribution in [2.24, 2.45) is 0 Å². The smallest absolute Gasteiger partial charge is 0.330 e. The van der Waals surface area contributed by atoms with E-state index in [2.05, 4.69) is 10.2 Å². The van der Waals surface area contributed by atoms with Crippen LogP contribution < -0.4 is 5.32 Å². The maximum atomic E-state index is 12.4. The third-order valence-electron chi connectivity index (χ3n) is 3.51. The fourth-order valence-electron chi connectivity index (χ4n) is 2.59. The highest BCUT2D eigenvalue weighted by atomic mass is 31.2. The van der Waals surface area contributed by atoms with E-state index >= 15 is 0 Å². The monoisotopic (exact) mass is 364 g/mol. The molecule has 0 amide bonds. The molecule has 8 heteroatoms. The molecule has 0 saturated carbocycles. The largest absolute Gasteiger partial charge is 0.459 e. The molecule has 1 saturated heterocycles. The Bertz CT molecular complexity index is 429. The quantitative estimate of drug-likeness (QED) is 0.497. The Hall–Kier alpha value is -0.460. The summed E-state index contributed by atoms with van der Waals surface area (Å²) in [5, 5.41) is 3.20. The fraction of sp³-hybridized carbons (Fsp3) is 0.938. The second kappa shape index (κ2) is 9.88. The number of carbonyl (C=O) groups is 1. The zero-order valence-corrected chi connectivity index (χ0v) is 16.6. The van der Waals surface area contributed by atoms with E-state index in [1.165, 1.54) is 0 Å². The highest BCUT2D eigenvalue weighted by Gasteiger charge is 2.30. The predicted octanol–water partition coefficient (Wildman–Crippen LogP) is 2.26. The number of hydrogen-bond donors (Lipinski definition) is 1. The van der Waals surface area contributed by atoms with Gasteiger partial charge in [-0.05, 0) is 47.6 Å². The Morgan fingerprint density at radius 1 is 1.25 bits per heavy atom. The van der Waals surface area contributed by atoms with Gasteiger partial charge in [-0.2, -0.15) is 0 Å². The van der Waals surface area contributed by atoms with Crippen molar-refractivity contribution >= 4 is 13.6 Å². The Morgan fingerprint density at radius 2 is 1.88 bits per heavy atom. The van der Waals surface area contributed by atoms with E-state index in [0.29, 0.717) is 32.3 Å². The number of carbonyl (C=O) groups excluding carboxylic acids is 1. The lowest BCUT2D eigenvalue weighted by atomic mass is 10.1. The van der Waals surface area contributed by atoms with E-state index < -0.39 is 13.2 Å². The first-order chi connectivity index (χ1) is 11.2. The van der Waals surface area contributed by atoms with Gasteiger partial charge >= 0.3 is 13.6 Å². The van der Waals surface area contributed by atoms with E-state index in [1.807, 2.05) is 34.6 Å². The Morgan fingerprint density at radius 3 is 2.42 bits per heavy atom. The number of hydrogen-bond acceptors (Lipinski definition) is 7. The van der Waals surface area contributed by atoms with Crippen LogP contribution in [0.15, 0.2) is 0 Å². The zero-order chi connectivity index (χ0) is 18.2. The van der Waals surface area contributed by atoms with Crippen LogP contribution in [0.25, 0.3) is 0 Å². The summed E-state index contributed by atoms with van der Waals surface area (Å²) in [5.74, 6) is -0.221. The summed E-state index contributed by atoms with van der Waals surface area (Å²) in [7, 11) is -2.98. The van der Waals surface area contributed by atoms with Gasteiger partial charge in [-0.1, -0.05) is 0 Å². The van der Waals surface area contributed by atoms with Crippen LogP contribution in [-0.4, -0.2) is 68.1 Å². The molecule has 142 valence electrons. The maximum Gasteiger partial charge on any atom is 0.330 e. The lowest BCUT2D eigenvalue weighted by molar-refractivity contribution is -0.158. The molecule has 1 rings (SSSR count). The van der Waals surface area contributed by atoms with Crippen LogP contribution in [0.4, 0.5) is 0 Å². The molecule has 24 heavy (non-hydrogen) atoms. The summed E-state index contributed by atoms with van der Waals surface area (Å²) in [6.45, 7) is 12.9. The van der Waals surface area contributed by atoms with Crippen LogP contribution in [0.1, 0.15) is 41.0 Å². The summed E-state index contributed by atoms with van der Waals surface area (Å²) in [6, 6.07) is -0.316. The molecule has 1 heterocycles. The number of ether oxygens (including phenoxy) is 1. The van der Waals surface area contributed by atoms with Crippen molar-refractivity contribution in [1.82, 2.24) is 10.2 Å². The van der Waals surface area contributed by atoms with Crippen LogP contribution >= 0.6 is 7.60 Å². The van der Waals surface area contributed by atoms with Crippen molar-refractivity contribution in [2.75, 3.05) is 45.6 Å². The molecule has 0 aromatic heterocycles. The van der Waals surface area contributed by atoms with Gasteiger partial charge < -0.3 is 19.1 Å². The average Bonchev–Trinajstić information content (AvgIpc) is 2.46. The van der Waals surface area contributed by atoms with Crippen molar-refractivity contribution in [3.63, 3.8) is 0 Å². The molecule has 0 aromatic carbocycles. The van der Waals surface area contributed by atoms with Gasteiger partial charge in [0, 0.05) is 19.6 Å². The second-order valence-corrected chi connectivity index (χ2v) is 9.05. The lowest BCUT2D eigenvalue weighted by Crippen LogP contribution is -2.55. The minimum absolute atomic E-state index is 0.221. The van der Waals surface area contributed by atoms with Crippen molar-refractivity contribution in [2.45, 2.75) is 52.7 Å². The molecule has 1 aliphatic heterocycles. The van der Waals surface area contributed by atoms with Gasteiger partial charge in [0.05, 0.1) is 19.4 Å². The molecule has 0 aliphatic carbocycles. The molecule has 1 unspecified atom stereocenters. The standard InChI is InChI=1S/C16H33N2O5P/c1-6-21-24(20,22-7-2)12-8-10-18-11-9-17-14(13-18)15(19)23-16(3,4)5/h14,17H,6-13H2,1-5H3. The van der Waals surface area contributed by atoms with E-state index in [-0.39, 0.29) is 12.0 Å². The van der Waals surface area contributed by atoms with Gasteiger partial charge in [0.25, 0.3) is 0 Å². The summed E-state index contributed by atoms with van der Waals surface area (Å²) in [4.78, 5) is 14.4. The van der Waals surface area contributed by atoms with Gasteiger partial charge in [-0.3, -0.25) is 14.3 Å². The van der Waals surface area contributed by atoms with Crippen LogP contribution in [0.2, 0.25) is 0 Å². The fourth-order valence-corrected chi connectivity index (χ4v) is 4.24. The molecule has 0 radical (unpaired) electrons. The van der Waals surface area contributed by atoms with Gasteiger partial charge in [-0.15, -0.1) is 0 Å². The summed E-state index contributed by atoms with van der Waals surface area (Å²) >= 11 is 0. The summed E-state index contributed by atoms with van der Waals surface area (Å²) in [5.41, 5.74) is -0.483. The van der Waals surface area contributed by atoms with E-state index in [9.17, 15) is 9.36 Å².